The first kappa shape index (κ1) is 12.7. The highest BCUT2D eigenvalue weighted by Crippen LogP contribution is 2.03. The van der Waals surface area contributed by atoms with Crippen LogP contribution in [-0.2, 0) is 14.8 Å². The van der Waals surface area contributed by atoms with Gasteiger partial charge in [-0.1, -0.05) is 0 Å². The summed E-state index contributed by atoms with van der Waals surface area (Å²) in [6, 6.07) is 0. The maximum absolute atomic E-state index is 11.6. The Hall–Kier alpha value is -1.41. The number of aromatic nitrogens is 2. The zero-order valence-corrected chi connectivity index (χ0v) is 9.89. The number of rotatable bonds is 5. The Bertz CT molecular complexity index is 465. The Morgan fingerprint density at radius 2 is 2.25 bits per heavy atom. The number of aromatic amines is 1. The van der Waals surface area contributed by atoms with Crippen LogP contribution in [0, 0.1) is 6.92 Å². The first-order chi connectivity index (χ1) is 7.45. The Kier molecular flexibility index (Phi) is 4.02. The molecule has 0 bridgehead atoms. The lowest BCUT2D eigenvalue weighted by atomic mass is 10.6. The van der Waals surface area contributed by atoms with Crippen molar-refractivity contribution in [3.8, 4) is 0 Å². The van der Waals surface area contributed by atoms with Gasteiger partial charge in [-0.05, 0) is 13.8 Å². The summed E-state index contributed by atoms with van der Waals surface area (Å²) in [5.74, 6) is 0.126. The summed E-state index contributed by atoms with van der Waals surface area (Å²) in [6.45, 7) is 3.57. The van der Waals surface area contributed by atoms with Crippen molar-refractivity contribution >= 4 is 15.9 Å². The van der Waals surface area contributed by atoms with Gasteiger partial charge in [0, 0.05) is 6.54 Å². The predicted octanol–water partition coefficient (Wildman–Crippen LogP) is -0.867. The number of hydrogen-bond donors (Lipinski definition) is 3. The number of amides is 1. The van der Waals surface area contributed by atoms with Crippen LogP contribution in [0.15, 0.2) is 11.2 Å². The van der Waals surface area contributed by atoms with Gasteiger partial charge in [0.15, 0.2) is 5.03 Å². The maximum atomic E-state index is 11.6. The van der Waals surface area contributed by atoms with Gasteiger partial charge in [0.25, 0.3) is 10.0 Å². The molecule has 0 aliphatic carbocycles. The van der Waals surface area contributed by atoms with E-state index in [-0.39, 0.29) is 17.5 Å². The minimum Gasteiger partial charge on any atom is -0.355 e. The summed E-state index contributed by atoms with van der Waals surface area (Å²) in [7, 11) is -3.68. The highest BCUT2D eigenvalue weighted by molar-refractivity contribution is 7.89. The minimum atomic E-state index is -3.68. The molecule has 1 aromatic heterocycles. The third-order valence-corrected chi connectivity index (χ3v) is 3.08. The molecule has 8 heteroatoms. The van der Waals surface area contributed by atoms with Crippen molar-refractivity contribution in [2.24, 2.45) is 0 Å². The van der Waals surface area contributed by atoms with E-state index >= 15 is 0 Å². The molecule has 7 nitrogen and oxygen atoms in total. The number of nitrogens with zero attached hydrogens (tertiary/aromatic N) is 1. The van der Waals surface area contributed by atoms with E-state index in [2.05, 4.69) is 20.0 Å². The second-order valence-corrected chi connectivity index (χ2v) is 4.85. The van der Waals surface area contributed by atoms with E-state index in [1.54, 1.807) is 13.8 Å². The molecule has 0 atom stereocenters. The molecule has 0 radical (unpaired) electrons. The van der Waals surface area contributed by atoms with Crippen LogP contribution >= 0.6 is 0 Å². The van der Waals surface area contributed by atoms with Crippen LogP contribution in [0.4, 0.5) is 0 Å². The first-order valence-corrected chi connectivity index (χ1v) is 6.22. The van der Waals surface area contributed by atoms with Crippen LogP contribution in [0.5, 0.6) is 0 Å². The third kappa shape index (κ3) is 3.31. The topological polar surface area (TPSA) is 104 Å². The van der Waals surface area contributed by atoms with Gasteiger partial charge < -0.3 is 10.3 Å². The van der Waals surface area contributed by atoms with E-state index in [1.165, 1.54) is 6.20 Å². The summed E-state index contributed by atoms with van der Waals surface area (Å²) >= 11 is 0. The second-order valence-electron chi connectivity index (χ2n) is 3.11. The SMILES string of the molecule is CCNC(=O)CNS(=O)(=O)c1cnc(C)[nH]1. The standard InChI is InChI=1S/C8H14N4O3S/c1-3-9-7(13)4-11-16(14,15)8-5-10-6(2)12-8/h5,11H,3-4H2,1-2H3,(H,9,13)(H,10,12). The van der Waals surface area contributed by atoms with E-state index in [1.807, 2.05) is 0 Å². The van der Waals surface area contributed by atoms with Gasteiger partial charge in [0.1, 0.15) is 5.82 Å². The molecular formula is C8H14N4O3S. The van der Waals surface area contributed by atoms with Crippen molar-refractivity contribution in [2.75, 3.05) is 13.1 Å². The molecule has 1 rings (SSSR count). The second kappa shape index (κ2) is 5.08. The molecule has 0 saturated carbocycles. The number of hydrogen-bond acceptors (Lipinski definition) is 4. The van der Waals surface area contributed by atoms with Crippen LogP contribution in [0.25, 0.3) is 0 Å². The largest absolute Gasteiger partial charge is 0.355 e. The molecule has 1 aromatic rings. The van der Waals surface area contributed by atoms with Gasteiger partial charge in [0.2, 0.25) is 5.91 Å². The number of likely N-dealkylation sites (N-methyl/N-ethyl adjacent to an activating group) is 1. The highest BCUT2D eigenvalue weighted by atomic mass is 32.2. The van der Waals surface area contributed by atoms with E-state index in [0.717, 1.165) is 0 Å². The number of H-pyrrole nitrogens is 1. The van der Waals surface area contributed by atoms with Crippen molar-refractivity contribution < 1.29 is 13.2 Å². The van der Waals surface area contributed by atoms with Gasteiger partial charge in [-0.15, -0.1) is 0 Å². The molecule has 1 heterocycles. The van der Waals surface area contributed by atoms with E-state index < -0.39 is 10.0 Å². The van der Waals surface area contributed by atoms with E-state index in [4.69, 9.17) is 0 Å². The molecule has 0 aromatic carbocycles. The number of carbonyl (C=O) groups excluding carboxylic acids is 1. The van der Waals surface area contributed by atoms with Gasteiger partial charge in [0.05, 0.1) is 12.7 Å². The maximum Gasteiger partial charge on any atom is 0.258 e. The van der Waals surface area contributed by atoms with Gasteiger partial charge >= 0.3 is 0 Å². The van der Waals surface area contributed by atoms with Crippen molar-refractivity contribution in [3.63, 3.8) is 0 Å². The third-order valence-electron chi connectivity index (χ3n) is 1.77. The lowest BCUT2D eigenvalue weighted by Crippen LogP contribution is -2.36. The molecule has 0 fully saturated rings. The van der Waals surface area contributed by atoms with E-state index in [9.17, 15) is 13.2 Å². The Balaban J connectivity index is 2.63. The molecule has 0 unspecified atom stereocenters. The summed E-state index contributed by atoms with van der Waals surface area (Å²) in [4.78, 5) is 17.4. The van der Waals surface area contributed by atoms with Crippen LogP contribution in [0.1, 0.15) is 12.7 Å². The summed E-state index contributed by atoms with van der Waals surface area (Å²) < 4.78 is 25.3. The lowest BCUT2D eigenvalue weighted by molar-refractivity contribution is -0.119. The average Bonchev–Trinajstić information content (AvgIpc) is 2.63. The number of sulfonamides is 1. The number of aryl methyl sites for hydroxylation is 1. The van der Waals surface area contributed by atoms with Crippen molar-refractivity contribution in [1.82, 2.24) is 20.0 Å². The predicted molar refractivity (Wildman–Crippen MR) is 57.2 cm³/mol. The fraction of sp³-hybridized carbons (Fsp3) is 0.500. The van der Waals surface area contributed by atoms with Crippen LogP contribution < -0.4 is 10.0 Å². The molecule has 3 N–H and O–H groups in total. The highest BCUT2D eigenvalue weighted by Gasteiger charge is 2.17. The zero-order valence-electron chi connectivity index (χ0n) is 9.07. The van der Waals surface area contributed by atoms with Crippen LogP contribution in [-0.4, -0.2) is 37.4 Å². The molecule has 1 amide bonds. The molecule has 90 valence electrons. The minimum absolute atomic E-state index is 0.0469. The molecule has 0 aliphatic rings. The fourth-order valence-corrected chi connectivity index (χ4v) is 1.98. The summed E-state index contributed by atoms with van der Waals surface area (Å²) in [5, 5.41) is 2.44. The van der Waals surface area contributed by atoms with Crippen molar-refractivity contribution in [1.29, 1.82) is 0 Å². The quantitative estimate of drug-likeness (QED) is 0.628. The van der Waals surface area contributed by atoms with Crippen molar-refractivity contribution in [3.05, 3.63) is 12.0 Å². The summed E-state index contributed by atoms with van der Waals surface area (Å²) in [5.41, 5.74) is 0. The zero-order chi connectivity index (χ0) is 12.2. The average molecular weight is 246 g/mol. The number of carbonyl (C=O) groups is 1. The van der Waals surface area contributed by atoms with Crippen molar-refractivity contribution in [2.45, 2.75) is 18.9 Å². The number of nitrogens with one attached hydrogen (secondary N) is 3. The first-order valence-electron chi connectivity index (χ1n) is 4.73. The Labute approximate surface area is 93.7 Å². The lowest BCUT2D eigenvalue weighted by Gasteiger charge is -2.04. The molecule has 0 saturated heterocycles. The molecular weight excluding hydrogens is 232 g/mol. The molecule has 0 spiro atoms. The van der Waals surface area contributed by atoms with Gasteiger partial charge in [-0.3, -0.25) is 4.79 Å². The Morgan fingerprint density at radius 3 is 2.75 bits per heavy atom. The van der Waals surface area contributed by atoms with Gasteiger partial charge in [-0.2, -0.15) is 0 Å². The van der Waals surface area contributed by atoms with Crippen LogP contribution in [0.3, 0.4) is 0 Å². The van der Waals surface area contributed by atoms with Gasteiger partial charge in [-0.25, -0.2) is 18.1 Å². The number of imidazole rings is 1. The normalized spacial score (nSPS) is 11.4. The monoisotopic (exact) mass is 246 g/mol. The smallest absolute Gasteiger partial charge is 0.258 e. The molecule has 16 heavy (non-hydrogen) atoms. The van der Waals surface area contributed by atoms with Crippen LogP contribution in [0.2, 0.25) is 0 Å². The molecule has 0 aliphatic heterocycles. The Morgan fingerprint density at radius 1 is 1.56 bits per heavy atom. The van der Waals surface area contributed by atoms with E-state index in [0.29, 0.717) is 12.4 Å². The summed E-state index contributed by atoms with van der Waals surface area (Å²) in [6.07, 6.45) is 1.20. The fourth-order valence-electron chi connectivity index (χ4n) is 1.03.